The van der Waals surface area contributed by atoms with Gasteiger partial charge in [-0.2, -0.15) is 0 Å². The topological polar surface area (TPSA) is 38.4 Å². The van der Waals surface area contributed by atoms with E-state index in [0.717, 1.165) is 50.2 Å². The Hall–Kier alpha value is -4.87. The Bertz CT molecular complexity index is 2450. The van der Waals surface area contributed by atoms with Gasteiger partial charge in [0.15, 0.2) is 0 Å². The Morgan fingerprint density at radius 1 is 0.627 bits per heavy atom. The minimum Gasteiger partial charge on any atom is -0.501 e. The third-order valence-corrected chi connectivity index (χ3v) is 13.6. The van der Waals surface area contributed by atoms with Crippen LogP contribution < -0.4 is 4.40 Å². The van der Waals surface area contributed by atoms with Crippen molar-refractivity contribution in [3.05, 3.63) is 187 Å². The number of rotatable bonds is 5. The van der Waals surface area contributed by atoms with E-state index in [0.29, 0.717) is 0 Å². The van der Waals surface area contributed by atoms with Gasteiger partial charge in [-0.05, 0) is 40.1 Å². The molecule has 6 aromatic carbocycles. The first kappa shape index (κ1) is 34.6. The number of hydrogen-bond donors (Lipinski definition) is 0. The number of aliphatic imine (C=N–C) groups is 1. The van der Waals surface area contributed by atoms with Gasteiger partial charge in [0.05, 0.1) is 11.3 Å². The first-order chi connectivity index (χ1) is 24.4. The van der Waals surface area contributed by atoms with Crippen LogP contribution in [0.3, 0.4) is 0 Å². The van der Waals surface area contributed by atoms with E-state index in [4.69, 9.17) is 9.41 Å². The molecule has 1 unspecified atom stereocenters. The molecular formula is C46H36GeIrN2O-2. The van der Waals surface area contributed by atoms with Crippen molar-refractivity contribution in [2.24, 2.45) is 4.99 Å². The van der Waals surface area contributed by atoms with E-state index in [1.807, 2.05) is 66.9 Å². The zero-order valence-electron chi connectivity index (χ0n) is 28.7. The van der Waals surface area contributed by atoms with Crippen molar-refractivity contribution in [3.8, 4) is 22.4 Å². The Balaban J connectivity index is 0.000000202. The maximum Gasteiger partial charge on any atom is 0.120 e. The predicted molar refractivity (Wildman–Crippen MR) is 210 cm³/mol. The van der Waals surface area contributed by atoms with E-state index in [2.05, 4.69) is 125 Å². The van der Waals surface area contributed by atoms with Crippen molar-refractivity contribution >= 4 is 51.0 Å². The van der Waals surface area contributed by atoms with Crippen molar-refractivity contribution in [2.75, 3.05) is 0 Å². The molecule has 0 bridgehead atoms. The normalized spacial score (nSPS) is 13.5. The monoisotopic (exact) mass is 899 g/mol. The second-order valence-corrected chi connectivity index (χ2v) is 24.3. The number of aromatic nitrogens is 1. The summed E-state index contributed by atoms with van der Waals surface area (Å²) < 4.78 is 7.79. The molecule has 0 aliphatic carbocycles. The summed E-state index contributed by atoms with van der Waals surface area (Å²) in [6.07, 6.45) is 2.04. The quantitative estimate of drug-likeness (QED) is 0.128. The molecule has 1 atom stereocenters. The first-order valence-electron chi connectivity index (χ1n) is 17.0. The number of furan rings is 1. The van der Waals surface area contributed by atoms with Crippen molar-refractivity contribution < 1.29 is 24.5 Å². The van der Waals surface area contributed by atoms with Crippen LogP contribution in [0, 0.1) is 12.1 Å². The van der Waals surface area contributed by atoms with Crippen molar-refractivity contribution in [2.45, 2.75) is 23.2 Å². The maximum atomic E-state index is 6.34. The van der Waals surface area contributed by atoms with Gasteiger partial charge in [0.1, 0.15) is 5.58 Å². The molecule has 1 radical (unpaired) electrons. The van der Waals surface area contributed by atoms with E-state index >= 15 is 0 Å². The Labute approximate surface area is 315 Å². The number of hydrogen-bond acceptors (Lipinski definition) is 3. The van der Waals surface area contributed by atoms with Gasteiger partial charge >= 0.3 is 99.8 Å². The summed E-state index contributed by atoms with van der Waals surface area (Å²) in [5.74, 6) is 7.17. The molecular weight excluding hydrogens is 861 g/mol. The average Bonchev–Trinajstić information content (AvgIpc) is 3.75. The number of pyridine rings is 1. The second kappa shape index (κ2) is 14.8. The third kappa shape index (κ3) is 7.05. The van der Waals surface area contributed by atoms with Crippen LogP contribution in [0.5, 0.6) is 0 Å². The van der Waals surface area contributed by atoms with Crippen LogP contribution in [0.1, 0.15) is 22.6 Å². The number of benzene rings is 6. The number of para-hydroxylation sites is 2. The van der Waals surface area contributed by atoms with Gasteiger partial charge in [-0.25, -0.2) is 0 Å². The van der Waals surface area contributed by atoms with Crippen LogP contribution in [0.2, 0.25) is 17.3 Å². The summed E-state index contributed by atoms with van der Waals surface area (Å²) in [4.78, 5) is 9.64. The first-order valence-corrected chi connectivity index (χ1v) is 24.4. The largest absolute Gasteiger partial charge is 0.501 e. The summed E-state index contributed by atoms with van der Waals surface area (Å²) in [6.45, 7) is 0. The molecule has 2 aromatic heterocycles. The summed E-state index contributed by atoms with van der Waals surface area (Å²) in [5.41, 5.74) is 11.6. The Morgan fingerprint density at radius 2 is 1.35 bits per heavy atom. The summed E-state index contributed by atoms with van der Waals surface area (Å²) >= 11 is -1.72. The van der Waals surface area contributed by atoms with Gasteiger partial charge in [-0.1, -0.05) is 102 Å². The smallest absolute Gasteiger partial charge is 0.120 e. The predicted octanol–water partition coefficient (Wildman–Crippen LogP) is 11.4. The van der Waals surface area contributed by atoms with E-state index in [1.165, 1.54) is 26.6 Å². The molecule has 0 fully saturated rings. The molecule has 0 N–H and O–H groups in total. The molecule has 3 heterocycles. The molecule has 51 heavy (non-hydrogen) atoms. The van der Waals surface area contributed by atoms with Crippen molar-refractivity contribution in [3.63, 3.8) is 0 Å². The van der Waals surface area contributed by atoms with Crippen LogP contribution in [-0.2, 0) is 20.1 Å². The fraction of sp³-hybridized carbons (Fsp3) is 0.0870. The molecule has 1 aliphatic heterocycles. The molecule has 9 rings (SSSR count). The van der Waals surface area contributed by atoms with Crippen LogP contribution in [0.15, 0.2) is 167 Å². The summed E-state index contributed by atoms with van der Waals surface area (Å²) in [7, 11) is 0. The Kier molecular flexibility index (Phi) is 10.0. The van der Waals surface area contributed by atoms with Crippen molar-refractivity contribution in [1.82, 2.24) is 4.98 Å². The number of fused-ring (bicyclic) bond motifs is 4. The van der Waals surface area contributed by atoms with Gasteiger partial charge in [0.2, 0.25) is 0 Å². The number of nitrogens with zero attached hydrogens (tertiary/aromatic N) is 2. The maximum absolute atomic E-state index is 6.34. The molecule has 5 heteroatoms. The van der Waals surface area contributed by atoms with Crippen LogP contribution >= 0.6 is 0 Å². The SMILES string of the molecule is [CH3][Ge]([CH3])([CH3])[c]1ccc(-c2[c-]cccc2)nc1.[Ir].[c-]1ccc2c(oc3ccccc32)c1C1=Nc2ccccc2C1c1ccc(-c2ccccc2)cc1. The fourth-order valence-electron chi connectivity index (χ4n) is 6.64. The minimum atomic E-state index is -1.72. The van der Waals surface area contributed by atoms with Gasteiger partial charge < -0.3 is 4.42 Å². The Morgan fingerprint density at radius 3 is 2.10 bits per heavy atom. The van der Waals surface area contributed by atoms with Crippen LogP contribution in [0.4, 0.5) is 5.69 Å². The molecule has 1 aliphatic rings. The van der Waals surface area contributed by atoms with E-state index in [1.54, 1.807) is 0 Å². The third-order valence-electron chi connectivity index (χ3n) is 9.32. The average molecular weight is 898 g/mol. The standard InChI is InChI=1S/C32H20NO.C14H16GeN.Ir/c1-2-9-21(10-3-1)22-17-19-23(20-18-22)30-26-12-4-6-15-28(26)33-31(30)27-14-8-13-25-24-11-5-7-16-29(24)34-32(25)27;1-15(2,3)13-9-10-14(16-11-13)12-7-5-4-6-8-12;/h1-13,15-20,30H;4-7,9-11H,1-3H3;/q2*-1;. The molecule has 8 aromatic rings. The zero-order valence-corrected chi connectivity index (χ0v) is 33.2. The van der Waals surface area contributed by atoms with Crippen LogP contribution in [-0.4, -0.2) is 24.0 Å². The molecule has 3 nitrogen and oxygen atoms in total. The molecule has 251 valence electrons. The van der Waals surface area contributed by atoms with Gasteiger partial charge in [-0.15, -0.1) is 18.2 Å². The summed E-state index contributed by atoms with van der Waals surface area (Å²) in [5, 5.41) is 2.22. The second-order valence-electron chi connectivity index (χ2n) is 13.6. The zero-order chi connectivity index (χ0) is 34.1. The fourth-order valence-corrected chi connectivity index (χ4v) is 8.81. The van der Waals surface area contributed by atoms with E-state index in [-0.39, 0.29) is 26.0 Å². The van der Waals surface area contributed by atoms with Gasteiger partial charge in [0, 0.05) is 31.4 Å². The van der Waals surface area contributed by atoms with Crippen molar-refractivity contribution in [1.29, 1.82) is 0 Å². The van der Waals surface area contributed by atoms with E-state index < -0.39 is 13.3 Å². The molecule has 0 spiro atoms. The molecule has 0 saturated carbocycles. The molecule has 0 saturated heterocycles. The van der Waals surface area contributed by atoms with Crippen LogP contribution in [0.25, 0.3) is 44.3 Å². The van der Waals surface area contributed by atoms with E-state index in [9.17, 15) is 0 Å². The van der Waals surface area contributed by atoms with Gasteiger partial charge in [0.25, 0.3) is 0 Å². The van der Waals surface area contributed by atoms with Gasteiger partial charge in [-0.3, -0.25) is 4.99 Å². The summed E-state index contributed by atoms with van der Waals surface area (Å²) in [6, 6.07) is 58.9. The molecule has 0 amide bonds. The minimum absolute atomic E-state index is 0.